The number of thioether (sulfide) groups is 1. The van der Waals surface area contributed by atoms with E-state index in [1.165, 1.54) is 11.8 Å². The molecule has 2 aromatic rings. The molecule has 0 aliphatic carbocycles. The van der Waals surface area contributed by atoms with Gasteiger partial charge in [-0.2, -0.15) is 0 Å². The van der Waals surface area contributed by atoms with Crippen LogP contribution in [0.4, 0.5) is 4.79 Å². The van der Waals surface area contributed by atoms with Gasteiger partial charge in [-0.15, -0.1) is 10.2 Å². The normalized spacial score (nSPS) is 13.9. The highest BCUT2D eigenvalue weighted by molar-refractivity contribution is 7.98. The van der Waals surface area contributed by atoms with E-state index in [-0.39, 0.29) is 5.92 Å². The Morgan fingerprint density at radius 1 is 1.33 bits per heavy atom. The molecule has 2 atom stereocenters. The fourth-order valence-electron chi connectivity index (χ4n) is 2.28. The number of amides is 1. The van der Waals surface area contributed by atoms with Crippen LogP contribution >= 0.6 is 23.4 Å². The van der Waals surface area contributed by atoms with Gasteiger partial charge in [0.25, 0.3) is 5.22 Å². The number of aromatic nitrogens is 2. The van der Waals surface area contributed by atoms with Gasteiger partial charge in [0.15, 0.2) is 0 Å². The Bertz CT molecular complexity index is 761. The van der Waals surface area contributed by atoms with Gasteiger partial charge in [0.05, 0.1) is 0 Å². The van der Waals surface area contributed by atoms with Gasteiger partial charge in [-0.1, -0.05) is 61.8 Å². The van der Waals surface area contributed by atoms with E-state index >= 15 is 0 Å². The molecule has 0 aliphatic heterocycles. The summed E-state index contributed by atoms with van der Waals surface area (Å²) in [6, 6.07) is 7.22. The summed E-state index contributed by atoms with van der Waals surface area (Å²) in [7, 11) is 0. The third-order valence-electron chi connectivity index (χ3n) is 3.88. The van der Waals surface area contributed by atoms with Crippen LogP contribution in [0.25, 0.3) is 0 Å². The summed E-state index contributed by atoms with van der Waals surface area (Å²) in [5.74, 6) is 1.10. The molecule has 148 valence electrons. The Labute approximate surface area is 169 Å². The summed E-state index contributed by atoms with van der Waals surface area (Å²) >= 11 is 7.58. The second-order valence-electron chi connectivity index (χ2n) is 7.30. The van der Waals surface area contributed by atoms with Gasteiger partial charge in [0, 0.05) is 10.8 Å². The van der Waals surface area contributed by atoms with Crippen LogP contribution in [-0.4, -0.2) is 21.9 Å². The summed E-state index contributed by atoms with van der Waals surface area (Å²) in [5, 5.41) is 12.2. The Balaban J connectivity index is 2.06. The SMILES string of the molecule is CCC(C)C(NC(=O)OC(C)(C)C)c1nnc(SCc2ccccc2Cl)o1. The molecule has 8 heteroatoms. The van der Waals surface area contributed by atoms with Gasteiger partial charge in [0.2, 0.25) is 5.89 Å². The minimum absolute atomic E-state index is 0.111. The first-order valence-corrected chi connectivity index (χ1v) is 10.2. The van der Waals surface area contributed by atoms with Crippen molar-refractivity contribution in [2.75, 3.05) is 0 Å². The van der Waals surface area contributed by atoms with E-state index < -0.39 is 17.7 Å². The van der Waals surface area contributed by atoms with Crippen LogP contribution in [0.15, 0.2) is 33.9 Å². The highest BCUT2D eigenvalue weighted by Gasteiger charge is 2.28. The molecule has 1 N–H and O–H groups in total. The molecule has 0 bridgehead atoms. The summed E-state index contributed by atoms with van der Waals surface area (Å²) in [4.78, 5) is 12.2. The second kappa shape index (κ2) is 9.46. The third-order valence-corrected chi connectivity index (χ3v) is 5.12. The van der Waals surface area contributed by atoms with Crippen LogP contribution in [-0.2, 0) is 10.5 Å². The van der Waals surface area contributed by atoms with E-state index in [1.54, 1.807) is 0 Å². The number of hydrogen-bond donors (Lipinski definition) is 1. The monoisotopic (exact) mass is 411 g/mol. The minimum atomic E-state index is -0.575. The van der Waals surface area contributed by atoms with Gasteiger partial charge in [-0.05, 0) is 38.3 Å². The van der Waals surface area contributed by atoms with Gasteiger partial charge in [-0.3, -0.25) is 0 Å². The second-order valence-corrected chi connectivity index (χ2v) is 8.63. The Morgan fingerprint density at radius 2 is 2.04 bits per heavy atom. The van der Waals surface area contributed by atoms with Crippen LogP contribution in [0.2, 0.25) is 5.02 Å². The molecule has 0 spiro atoms. The van der Waals surface area contributed by atoms with Gasteiger partial charge >= 0.3 is 6.09 Å². The summed E-state index contributed by atoms with van der Waals surface area (Å²) < 4.78 is 11.1. The van der Waals surface area contributed by atoms with Gasteiger partial charge in [0.1, 0.15) is 11.6 Å². The fraction of sp³-hybridized carbons (Fsp3) is 0.526. The standard InChI is InChI=1S/C19H26ClN3O3S/c1-6-12(2)15(21-17(24)26-19(3,4)5)16-22-23-18(25-16)27-11-13-9-7-8-10-14(13)20/h7-10,12,15H,6,11H2,1-5H3,(H,21,24). The first kappa shape index (κ1) is 21.6. The number of nitrogens with zero attached hydrogens (tertiary/aromatic N) is 2. The minimum Gasteiger partial charge on any atom is -0.444 e. The van der Waals surface area contributed by atoms with Crippen LogP contribution in [0, 0.1) is 5.92 Å². The number of carbonyl (C=O) groups excluding carboxylic acids is 1. The van der Waals surface area contributed by atoms with Crippen molar-refractivity contribution < 1.29 is 13.9 Å². The van der Waals surface area contributed by atoms with Crippen molar-refractivity contribution in [1.29, 1.82) is 0 Å². The molecule has 1 heterocycles. The Kier molecular flexibility index (Phi) is 7.56. The van der Waals surface area contributed by atoms with Crippen molar-refractivity contribution in [2.45, 2.75) is 63.7 Å². The van der Waals surface area contributed by atoms with Crippen LogP contribution in [0.3, 0.4) is 0 Å². The molecule has 0 saturated carbocycles. The molecule has 2 unspecified atom stereocenters. The molecule has 0 aliphatic rings. The number of carbonyl (C=O) groups is 1. The lowest BCUT2D eigenvalue weighted by molar-refractivity contribution is 0.0474. The zero-order chi connectivity index (χ0) is 20.0. The van der Waals surface area contributed by atoms with Crippen LogP contribution in [0.1, 0.15) is 58.5 Å². The lowest BCUT2D eigenvalue weighted by Gasteiger charge is -2.24. The van der Waals surface area contributed by atoms with E-state index in [0.717, 1.165) is 12.0 Å². The molecule has 0 saturated heterocycles. The molecule has 0 radical (unpaired) electrons. The average molecular weight is 412 g/mol. The maximum Gasteiger partial charge on any atom is 0.408 e. The van der Waals surface area contributed by atoms with Crippen LogP contribution in [0.5, 0.6) is 0 Å². The number of benzene rings is 1. The quantitative estimate of drug-likeness (QED) is 0.595. The van der Waals surface area contributed by atoms with Crippen molar-refractivity contribution in [3.63, 3.8) is 0 Å². The van der Waals surface area contributed by atoms with Crippen molar-refractivity contribution in [1.82, 2.24) is 15.5 Å². The topological polar surface area (TPSA) is 77.2 Å². The molecule has 1 aromatic heterocycles. The number of alkyl carbamates (subject to hydrolysis) is 1. The Hall–Kier alpha value is -1.73. The van der Waals surface area contributed by atoms with Gasteiger partial charge in [-0.25, -0.2) is 4.79 Å². The summed E-state index contributed by atoms with van der Waals surface area (Å²) in [5.41, 5.74) is 0.420. The number of halogens is 1. The third kappa shape index (κ3) is 6.74. The van der Waals surface area contributed by atoms with E-state index in [0.29, 0.717) is 21.9 Å². The van der Waals surface area contributed by atoms with E-state index in [1.807, 2.05) is 58.9 Å². The summed E-state index contributed by atoms with van der Waals surface area (Å²) in [6.07, 6.45) is 0.335. The molecule has 2 rings (SSSR count). The number of hydrogen-bond acceptors (Lipinski definition) is 6. The summed E-state index contributed by atoms with van der Waals surface area (Å²) in [6.45, 7) is 9.52. The van der Waals surface area contributed by atoms with Crippen LogP contribution < -0.4 is 5.32 Å². The zero-order valence-electron chi connectivity index (χ0n) is 16.3. The van der Waals surface area contributed by atoms with Crippen molar-refractivity contribution in [3.05, 3.63) is 40.7 Å². The predicted molar refractivity (Wildman–Crippen MR) is 107 cm³/mol. The number of rotatable bonds is 7. The van der Waals surface area contributed by atoms with Crippen molar-refractivity contribution in [3.8, 4) is 0 Å². The molecule has 6 nitrogen and oxygen atoms in total. The largest absolute Gasteiger partial charge is 0.444 e. The maximum atomic E-state index is 12.2. The zero-order valence-corrected chi connectivity index (χ0v) is 17.9. The van der Waals surface area contributed by atoms with Crippen molar-refractivity contribution >= 4 is 29.5 Å². The fourth-order valence-corrected chi connectivity index (χ4v) is 3.33. The lowest BCUT2D eigenvalue weighted by atomic mass is 9.99. The highest BCUT2D eigenvalue weighted by Crippen LogP contribution is 2.29. The lowest BCUT2D eigenvalue weighted by Crippen LogP contribution is -2.37. The number of nitrogens with one attached hydrogen (secondary N) is 1. The molecule has 27 heavy (non-hydrogen) atoms. The molecule has 1 aromatic carbocycles. The molecule has 0 fully saturated rings. The average Bonchev–Trinajstić information content (AvgIpc) is 3.05. The van der Waals surface area contributed by atoms with Gasteiger partial charge < -0.3 is 14.5 Å². The Morgan fingerprint density at radius 3 is 2.67 bits per heavy atom. The molecular formula is C19H26ClN3O3S. The smallest absolute Gasteiger partial charge is 0.408 e. The van der Waals surface area contributed by atoms with Crippen molar-refractivity contribution in [2.24, 2.45) is 5.92 Å². The maximum absolute atomic E-state index is 12.2. The number of ether oxygens (including phenoxy) is 1. The highest BCUT2D eigenvalue weighted by atomic mass is 35.5. The first-order valence-electron chi connectivity index (χ1n) is 8.88. The predicted octanol–water partition coefficient (Wildman–Crippen LogP) is 5.63. The van der Waals surface area contributed by atoms with E-state index in [4.69, 9.17) is 20.8 Å². The van der Waals surface area contributed by atoms with E-state index in [2.05, 4.69) is 15.5 Å². The molecule has 1 amide bonds. The first-order chi connectivity index (χ1) is 12.7. The van der Waals surface area contributed by atoms with E-state index in [9.17, 15) is 4.79 Å². The molecular weight excluding hydrogens is 386 g/mol.